The molecule has 0 aromatic heterocycles. The molecule has 0 bridgehead atoms. The molecule has 1 atom stereocenters. The van der Waals surface area contributed by atoms with Crippen LogP contribution in [0.5, 0.6) is 0 Å². The van der Waals surface area contributed by atoms with Crippen LogP contribution in [0.25, 0.3) is 0 Å². The molecule has 2 heterocycles. The van der Waals surface area contributed by atoms with Crippen molar-refractivity contribution in [2.24, 2.45) is 0 Å². The van der Waals surface area contributed by atoms with Crippen molar-refractivity contribution >= 4 is 0 Å². The first kappa shape index (κ1) is 12.9. The fourth-order valence-electron chi connectivity index (χ4n) is 3.61. The maximum absolute atomic E-state index is 5.79. The van der Waals surface area contributed by atoms with Gasteiger partial charge >= 0.3 is 0 Å². The van der Waals surface area contributed by atoms with Gasteiger partial charge in [-0.15, -0.1) is 0 Å². The lowest BCUT2D eigenvalue weighted by molar-refractivity contribution is -0.00722. The molecule has 1 N–H and O–H groups in total. The van der Waals surface area contributed by atoms with Crippen molar-refractivity contribution in [3.8, 4) is 0 Å². The Morgan fingerprint density at radius 3 is 2.50 bits per heavy atom. The summed E-state index contributed by atoms with van der Waals surface area (Å²) in [6, 6.07) is 0.903. The summed E-state index contributed by atoms with van der Waals surface area (Å²) in [7, 11) is 0. The van der Waals surface area contributed by atoms with E-state index in [0.717, 1.165) is 32.3 Å². The summed E-state index contributed by atoms with van der Waals surface area (Å²) in [5.74, 6) is 0. The second-order valence-corrected chi connectivity index (χ2v) is 5.97. The Hall–Kier alpha value is -0.160. The second kappa shape index (κ2) is 6.33. The van der Waals surface area contributed by atoms with Gasteiger partial charge in [0, 0.05) is 51.9 Å². The molecule has 2 saturated heterocycles. The van der Waals surface area contributed by atoms with E-state index >= 15 is 0 Å². The van der Waals surface area contributed by atoms with Crippen LogP contribution < -0.4 is 5.32 Å². The Morgan fingerprint density at radius 1 is 1.06 bits per heavy atom. The molecule has 0 aromatic carbocycles. The van der Waals surface area contributed by atoms with E-state index in [1.165, 1.54) is 51.9 Å². The van der Waals surface area contributed by atoms with E-state index in [4.69, 9.17) is 4.74 Å². The van der Waals surface area contributed by atoms with Gasteiger partial charge in [-0.2, -0.15) is 0 Å². The van der Waals surface area contributed by atoms with Gasteiger partial charge in [-0.1, -0.05) is 12.8 Å². The first-order valence-electron chi connectivity index (χ1n) is 7.70. The summed E-state index contributed by atoms with van der Waals surface area (Å²) in [6.07, 6.45) is 6.20. The molecule has 3 aliphatic rings. The highest BCUT2D eigenvalue weighted by molar-refractivity contribution is 4.83. The Kier molecular flexibility index (Phi) is 4.52. The highest BCUT2D eigenvalue weighted by Gasteiger charge is 2.27. The van der Waals surface area contributed by atoms with Gasteiger partial charge < -0.3 is 10.1 Å². The SMILES string of the molecule is C1CCC(N2CCN(CC3CNCCO3)CC2)C1. The predicted octanol–water partition coefficient (Wildman–Crippen LogP) is 0.535. The molecule has 0 amide bonds. The van der Waals surface area contributed by atoms with Gasteiger partial charge in [-0.05, 0) is 12.8 Å². The normalized spacial score (nSPS) is 33.0. The lowest BCUT2D eigenvalue weighted by Crippen LogP contribution is -2.53. The highest BCUT2D eigenvalue weighted by atomic mass is 16.5. The molecule has 0 spiro atoms. The minimum Gasteiger partial charge on any atom is -0.374 e. The van der Waals surface area contributed by atoms with Crippen LogP contribution in [-0.2, 0) is 4.74 Å². The summed E-state index contributed by atoms with van der Waals surface area (Å²) in [5, 5.41) is 3.42. The minimum absolute atomic E-state index is 0.414. The summed E-state index contributed by atoms with van der Waals surface area (Å²) >= 11 is 0. The van der Waals surface area contributed by atoms with Crippen molar-refractivity contribution < 1.29 is 4.74 Å². The van der Waals surface area contributed by atoms with Crippen LogP contribution >= 0.6 is 0 Å². The van der Waals surface area contributed by atoms with Gasteiger partial charge in [-0.3, -0.25) is 9.80 Å². The maximum atomic E-state index is 5.79. The summed E-state index contributed by atoms with van der Waals surface area (Å²) in [6.45, 7) is 9.05. The fraction of sp³-hybridized carbons (Fsp3) is 1.00. The fourth-order valence-corrected chi connectivity index (χ4v) is 3.61. The largest absolute Gasteiger partial charge is 0.374 e. The third-order valence-corrected chi connectivity index (χ3v) is 4.71. The van der Waals surface area contributed by atoms with Gasteiger partial charge in [0.05, 0.1) is 12.7 Å². The van der Waals surface area contributed by atoms with Crippen LogP contribution in [0.2, 0.25) is 0 Å². The van der Waals surface area contributed by atoms with E-state index in [-0.39, 0.29) is 0 Å². The monoisotopic (exact) mass is 253 g/mol. The molecule has 0 aromatic rings. The van der Waals surface area contributed by atoms with E-state index in [1.54, 1.807) is 0 Å². The molecule has 104 valence electrons. The molecule has 0 radical (unpaired) electrons. The van der Waals surface area contributed by atoms with Crippen molar-refractivity contribution in [3.05, 3.63) is 0 Å². The highest BCUT2D eigenvalue weighted by Crippen LogP contribution is 2.24. The van der Waals surface area contributed by atoms with Crippen molar-refractivity contribution in [1.29, 1.82) is 0 Å². The van der Waals surface area contributed by atoms with Crippen molar-refractivity contribution in [2.75, 3.05) is 52.4 Å². The number of nitrogens with zero attached hydrogens (tertiary/aromatic N) is 2. The zero-order valence-corrected chi connectivity index (χ0v) is 11.4. The molecule has 1 saturated carbocycles. The van der Waals surface area contributed by atoms with Crippen molar-refractivity contribution in [2.45, 2.75) is 37.8 Å². The molecular formula is C14H27N3O. The first-order valence-corrected chi connectivity index (χ1v) is 7.70. The van der Waals surface area contributed by atoms with Crippen LogP contribution in [0.4, 0.5) is 0 Å². The molecule has 1 unspecified atom stereocenters. The van der Waals surface area contributed by atoms with Crippen LogP contribution in [-0.4, -0.2) is 74.4 Å². The van der Waals surface area contributed by atoms with Crippen LogP contribution in [0.15, 0.2) is 0 Å². The molecule has 3 rings (SSSR count). The lowest BCUT2D eigenvalue weighted by atomic mass is 10.1. The standard InChI is InChI=1S/C14H27N3O/c1-2-4-13(3-1)17-8-6-16(7-9-17)12-14-11-15-5-10-18-14/h13-15H,1-12H2. The van der Waals surface area contributed by atoms with Gasteiger partial charge in [0.2, 0.25) is 0 Å². The van der Waals surface area contributed by atoms with Gasteiger partial charge in [0.25, 0.3) is 0 Å². The van der Waals surface area contributed by atoms with Crippen LogP contribution in [0, 0.1) is 0 Å². The summed E-state index contributed by atoms with van der Waals surface area (Å²) < 4.78 is 5.79. The number of nitrogens with one attached hydrogen (secondary N) is 1. The Morgan fingerprint density at radius 2 is 1.83 bits per heavy atom. The summed E-state index contributed by atoms with van der Waals surface area (Å²) in [5.41, 5.74) is 0. The van der Waals surface area contributed by atoms with Crippen molar-refractivity contribution in [3.63, 3.8) is 0 Å². The number of hydrogen-bond acceptors (Lipinski definition) is 4. The van der Waals surface area contributed by atoms with Gasteiger partial charge in [0.15, 0.2) is 0 Å². The van der Waals surface area contributed by atoms with E-state index in [0.29, 0.717) is 6.10 Å². The number of ether oxygens (including phenoxy) is 1. The van der Waals surface area contributed by atoms with Crippen LogP contribution in [0.3, 0.4) is 0 Å². The summed E-state index contributed by atoms with van der Waals surface area (Å²) in [4.78, 5) is 5.31. The average Bonchev–Trinajstić information content (AvgIpc) is 2.95. The third-order valence-electron chi connectivity index (χ3n) is 4.71. The molecule has 18 heavy (non-hydrogen) atoms. The average molecular weight is 253 g/mol. The number of morpholine rings is 1. The lowest BCUT2D eigenvalue weighted by Gasteiger charge is -2.39. The molecular weight excluding hydrogens is 226 g/mol. The van der Waals surface area contributed by atoms with E-state index < -0.39 is 0 Å². The maximum Gasteiger partial charge on any atom is 0.0826 e. The number of rotatable bonds is 3. The van der Waals surface area contributed by atoms with Gasteiger partial charge in [-0.25, -0.2) is 0 Å². The predicted molar refractivity (Wildman–Crippen MR) is 72.9 cm³/mol. The Bertz CT molecular complexity index is 241. The molecule has 4 heteroatoms. The molecule has 2 aliphatic heterocycles. The Balaban J connectivity index is 1.39. The van der Waals surface area contributed by atoms with Crippen LogP contribution in [0.1, 0.15) is 25.7 Å². The Labute approximate surface area is 111 Å². The molecule has 3 fully saturated rings. The second-order valence-electron chi connectivity index (χ2n) is 5.97. The zero-order chi connectivity index (χ0) is 12.2. The topological polar surface area (TPSA) is 27.7 Å². The molecule has 1 aliphatic carbocycles. The first-order chi connectivity index (χ1) is 8.92. The minimum atomic E-state index is 0.414. The smallest absolute Gasteiger partial charge is 0.0826 e. The molecule has 4 nitrogen and oxygen atoms in total. The van der Waals surface area contributed by atoms with E-state index in [1.807, 2.05) is 0 Å². The quantitative estimate of drug-likeness (QED) is 0.794. The third kappa shape index (κ3) is 3.23. The van der Waals surface area contributed by atoms with Gasteiger partial charge in [0.1, 0.15) is 0 Å². The number of hydrogen-bond donors (Lipinski definition) is 1. The zero-order valence-electron chi connectivity index (χ0n) is 11.4. The van der Waals surface area contributed by atoms with E-state index in [2.05, 4.69) is 15.1 Å². The number of piperazine rings is 1. The van der Waals surface area contributed by atoms with E-state index in [9.17, 15) is 0 Å². The van der Waals surface area contributed by atoms with Crippen molar-refractivity contribution in [1.82, 2.24) is 15.1 Å².